The van der Waals surface area contributed by atoms with E-state index in [2.05, 4.69) is 10.3 Å². The molecule has 0 atom stereocenters. The van der Waals surface area contributed by atoms with Crippen LogP contribution in [-0.2, 0) is 4.74 Å². The first-order valence-electron chi connectivity index (χ1n) is 5.78. The summed E-state index contributed by atoms with van der Waals surface area (Å²) in [5.41, 5.74) is 0. The lowest BCUT2D eigenvalue weighted by molar-refractivity contribution is 0.145. The fourth-order valence-electron chi connectivity index (χ4n) is 1.57. The van der Waals surface area contributed by atoms with Crippen molar-refractivity contribution in [2.75, 3.05) is 26.3 Å². The molecule has 0 spiro atoms. The van der Waals surface area contributed by atoms with Gasteiger partial charge >= 0.3 is 0 Å². The second-order valence-electron chi connectivity index (χ2n) is 3.62. The minimum atomic E-state index is 0.820. The maximum absolute atomic E-state index is 5.27. The molecule has 0 radical (unpaired) electrons. The SMILES string of the molecule is CCOCCCNC1=NCCCCC1. The molecule has 3 nitrogen and oxygen atoms in total. The Kier molecular flexibility index (Phi) is 6.41. The Bertz CT molecular complexity index is 169. The molecule has 1 heterocycles. The maximum atomic E-state index is 5.27. The first-order valence-corrected chi connectivity index (χ1v) is 5.78. The van der Waals surface area contributed by atoms with E-state index in [4.69, 9.17) is 4.74 Å². The lowest BCUT2D eigenvalue weighted by Crippen LogP contribution is -2.25. The van der Waals surface area contributed by atoms with E-state index in [1.54, 1.807) is 0 Å². The number of aliphatic imine (C=N–C) groups is 1. The zero-order valence-electron chi connectivity index (χ0n) is 9.22. The van der Waals surface area contributed by atoms with E-state index in [9.17, 15) is 0 Å². The van der Waals surface area contributed by atoms with E-state index in [1.807, 2.05) is 6.92 Å². The van der Waals surface area contributed by atoms with Crippen molar-refractivity contribution in [2.24, 2.45) is 4.99 Å². The zero-order chi connectivity index (χ0) is 10.1. The Balaban J connectivity index is 2.01. The van der Waals surface area contributed by atoms with Crippen molar-refractivity contribution in [1.82, 2.24) is 5.32 Å². The molecule has 1 aliphatic heterocycles. The standard InChI is InChI=1S/C11H22N2O/c1-2-14-10-6-9-13-11-7-4-3-5-8-12-11/h2-10H2,1H3,(H,12,13). The van der Waals surface area contributed by atoms with Crippen LogP contribution in [0.25, 0.3) is 0 Å². The van der Waals surface area contributed by atoms with Gasteiger partial charge in [-0.25, -0.2) is 0 Å². The molecule has 3 heteroatoms. The molecule has 0 aliphatic carbocycles. The predicted molar refractivity (Wildman–Crippen MR) is 59.9 cm³/mol. The van der Waals surface area contributed by atoms with Gasteiger partial charge in [-0.3, -0.25) is 4.99 Å². The molecule has 14 heavy (non-hydrogen) atoms. The Labute approximate surface area is 86.9 Å². The summed E-state index contributed by atoms with van der Waals surface area (Å²) in [6, 6.07) is 0. The van der Waals surface area contributed by atoms with Gasteiger partial charge in [-0.05, 0) is 26.2 Å². The summed E-state index contributed by atoms with van der Waals surface area (Å²) in [7, 11) is 0. The summed E-state index contributed by atoms with van der Waals surface area (Å²) >= 11 is 0. The molecule has 0 saturated carbocycles. The third-order valence-electron chi connectivity index (χ3n) is 2.37. The number of amidine groups is 1. The summed E-state index contributed by atoms with van der Waals surface area (Å²) in [6.45, 7) is 5.72. The van der Waals surface area contributed by atoms with Crippen LogP contribution in [0.4, 0.5) is 0 Å². The minimum absolute atomic E-state index is 0.820. The Hall–Kier alpha value is -0.570. The van der Waals surface area contributed by atoms with Gasteiger partial charge in [0.05, 0.1) is 5.84 Å². The van der Waals surface area contributed by atoms with Crippen LogP contribution in [0.15, 0.2) is 4.99 Å². The number of rotatable bonds is 5. The van der Waals surface area contributed by atoms with Gasteiger partial charge in [0.1, 0.15) is 0 Å². The molecule has 0 bridgehead atoms. The highest BCUT2D eigenvalue weighted by molar-refractivity contribution is 5.82. The van der Waals surface area contributed by atoms with Gasteiger partial charge in [-0.15, -0.1) is 0 Å². The van der Waals surface area contributed by atoms with Gasteiger partial charge in [0.15, 0.2) is 0 Å². The van der Waals surface area contributed by atoms with Gasteiger partial charge < -0.3 is 10.1 Å². The molecule has 0 aromatic heterocycles. The van der Waals surface area contributed by atoms with Gasteiger partial charge in [0.2, 0.25) is 0 Å². The molecule has 0 fully saturated rings. The first kappa shape index (κ1) is 11.5. The van der Waals surface area contributed by atoms with Crippen molar-refractivity contribution < 1.29 is 4.74 Å². The Morgan fingerprint density at radius 3 is 3.14 bits per heavy atom. The van der Waals surface area contributed by atoms with Crippen LogP contribution in [0.2, 0.25) is 0 Å². The van der Waals surface area contributed by atoms with Gasteiger partial charge in [-0.2, -0.15) is 0 Å². The van der Waals surface area contributed by atoms with Crippen LogP contribution >= 0.6 is 0 Å². The summed E-state index contributed by atoms with van der Waals surface area (Å²) < 4.78 is 5.27. The van der Waals surface area contributed by atoms with Crippen LogP contribution in [0.3, 0.4) is 0 Å². The van der Waals surface area contributed by atoms with Crippen molar-refractivity contribution in [1.29, 1.82) is 0 Å². The van der Waals surface area contributed by atoms with E-state index >= 15 is 0 Å². The molecule has 82 valence electrons. The number of hydrogen-bond acceptors (Lipinski definition) is 3. The van der Waals surface area contributed by atoms with Crippen molar-refractivity contribution in [3.63, 3.8) is 0 Å². The summed E-state index contributed by atoms with van der Waals surface area (Å²) in [6.07, 6.45) is 6.08. The third-order valence-corrected chi connectivity index (χ3v) is 2.37. The summed E-state index contributed by atoms with van der Waals surface area (Å²) in [5.74, 6) is 1.21. The molecule has 1 rings (SSSR count). The Morgan fingerprint density at radius 2 is 2.29 bits per heavy atom. The number of ether oxygens (including phenoxy) is 1. The fraction of sp³-hybridized carbons (Fsp3) is 0.909. The molecule has 0 unspecified atom stereocenters. The van der Waals surface area contributed by atoms with Crippen molar-refractivity contribution >= 4 is 5.84 Å². The molecular formula is C11H22N2O. The van der Waals surface area contributed by atoms with E-state index < -0.39 is 0 Å². The summed E-state index contributed by atoms with van der Waals surface area (Å²) in [4.78, 5) is 4.51. The van der Waals surface area contributed by atoms with E-state index in [0.717, 1.165) is 39.1 Å². The highest BCUT2D eigenvalue weighted by Gasteiger charge is 2.02. The lowest BCUT2D eigenvalue weighted by atomic mass is 10.2. The number of nitrogens with zero attached hydrogens (tertiary/aromatic N) is 1. The van der Waals surface area contributed by atoms with Gasteiger partial charge in [0, 0.05) is 32.7 Å². The molecule has 0 aromatic carbocycles. The zero-order valence-corrected chi connectivity index (χ0v) is 9.22. The highest BCUT2D eigenvalue weighted by Crippen LogP contribution is 2.05. The third kappa shape index (κ3) is 5.22. The average Bonchev–Trinajstić information content (AvgIpc) is 2.46. The summed E-state index contributed by atoms with van der Waals surface area (Å²) in [5, 5.41) is 3.39. The van der Waals surface area contributed by atoms with Crippen LogP contribution in [0.1, 0.15) is 39.0 Å². The molecule has 1 N–H and O–H groups in total. The van der Waals surface area contributed by atoms with E-state index in [-0.39, 0.29) is 0 Å². The molecule has 0 amide bonds. The van der Waals surface area contributed by atoms with Gasteiger partial charge in [0.25, 0.3) is 0 Å². The van der Waals surface area contributed by atoms with Crippen LogP contribution in [-0.4, -0.2) is 32.1 Å². The largest absolute Gasteiger partial charge is 0.382 e. The Morgan fingerprint density at radius 1 is 1.36 bits per heavy atom. The molecule has 1 aliphatic rings. The fourth-order valence-corrected chi connectivity index (χ4v) is 1.57. The predicted octanol–water partition coefficient (Wildman–Crippen LogP) is 1.98. The smallest absolute Gasteiger partial charge is 0.0963 e. The number of nitrogens with one attached hydrogen (secondary N) is 1. The van der Waals surface area contributed by atoms with E-state index in [1.165, 1.54) is 25.1 Å². The average molecular weight is 198 g/mol. The highest BCUT2D eigenvalue weighted by atomic mass is 16.5. The van der Waals surface area contributed by atoms with E-state index in [0.29, 0.717) is 0 Å². The topological polar surface area (TPSA) is 33.6 Å². The van der Waals surface area contributed by atoms with Crippen molar-refractivity contribution in [3.8, 4) is 0 Å². The first-order chi connectivity index (χ1) is 6.93. The maximum Gasteiger partial charge on any atom is 0.0963 e. The van der Waals surface area contributed by atoms with Crippen LogP contribution in [0, 0.1) is 0 Å². The minimum Gasteiger partial charge on any atom is -0.382 e. The van der Waals surface area contributed by atoms with Crippen LogP contribution in [0.5, 0.6) is 0 Å². The van der Waals surface area contributed by atoms with Crippen LogP contribution < -0.4 is 5.32 Å². The number of hydrogen-bond donors (Lipinski definition) is 1. The van der Waals surface area contributed by atoms with Gasteiger partial charge in [-0.1, -0.05) is 6.42 Å². The van der Waals surface area contributed by atoms with Crippen molar-refractivity contribution in [2.45, 2.75) is 39.0 Å². The van der Waals surface area contributed by atoms with Crippen molar-refractivity contribution in [3.05, 3.63) is 0 Å². The lowest BCUT2D eigenvalue weighted by Gasteiger charge is -2.07. The monoisotopic (exact) mass is 198 g/mol. The quantitative estimate of drug-likeness (QED) is 0.685. The second kappa shape index (κ2) is 7.80. The normalized spacial score (nSPS) is 17.4. The molecule has 0 saturated heterocycles. The molecule has 0 aromatic rings. The second-order valence-corrected chi connectivity index (χ2v) is 3.62. The molecular weight excluding hydrogens is 176 g/mol.